The van der Waals surface area contributed by atoms with E-state index in [0.717, 1.165) is 17.0 Å². The fraction of sp³-hybridized carbons (Fsp3) is 0.368. The van der Waals surface area contributed by atoms with Gasteiger partial charge in [0, 0.05) is 24.6 Å². The summed E-state index contributed by atoms with van der Waals surface area (Å²) < 4.78 is 15.6. The van der Waals surface area contributed by atoms with Crippen LogP contribution in [0.3, 0.4) is 0 Å². The molecule has 150 valence electrons. The van der Waals surface area contributed by atoms with Crippen molar-refractivity contribution in [3.63, 3.8) is 0 Å². The van der Waals surface area contributed by atoms with Gasteiger partial charge in [-0.05, 0) is 38.0 Å². The van der Waals surface area contributed by atoms with Crippen LogP contribution in [-0.2, 0) is 16.0 Å². The maximum atomic E-state index is 12.0. The van der Waals surface area contributed by atoms with Crippen LogP contribution in [0.25, 0.3) is 0 Å². The standard InChI is InChI=1S/C19H24N4O5/c1-11-15(12(2)22-21-11)6-7-18(25)23-20-10-14-8-16(26-4)19(28-13(3)24)17(9-14)27-5/h8-10H,6-7H2,1-5H3,(H,21,22)(H,23,25)/b20-10+. The topological polar surface area (TPSA) is 115 Å². The quantitative estimate of drug-likeness (QED) is 0.310. The van der Waals surface area contributed by atoms with Crippen molar-refractivity contribution in [1.29, 1.82) is 0 Å². The maximum absolute atomic E-state index is 12.0. The first-order chi connectivity index (χ1) is 13.3. The zero-order chi connectivity index (χ0) is 20.7. The third kappa shape index (κ3) is 5.32. The first-order valence-corrected chi connectivity index (χ1v) is 8.62. The molecule has 0 aliphatic heterocycles. The van der Waals surface area contributed by atoms with Gasteiger partial charge in [0.2, 0.25) is 11.7 Å². The van der Waals surface area contributed by atoms with E-state index >= 15 is 0 Å². The van der Waals surface area contributed by atoms with Gasteiger partial charge in [-0.3, -0.25) is 14.7 Å². The van der Waals surface area contributed by atoms with Gasteiger partial charge in [-0.25, -0.2) is 5.43 Å². The number of nitrogens with zero attached hydrogens (tertiary/aromatic N) is 2. The van der Waals surface area contributed by atoms with Crippen molar-refractivity contribution in [1.82, 2.24) is 15.6 Å². The molecule has 2 N–H and O–H groups in total. The number of aromatic nitrogens is 2. The van der Waals surface area contributed by atoms with E-state index in [9.17, 15) is 9.59 Å². The fourth-order valence-corrected chi connectivity index (χ4v) is 2.63. The van der Waals surface area contributed by atoms with Gasteiger partial charge in [-0.2, -0.15) is 10.2 Å². The molecule has 28 heavy (non-hydrogen) atoms. The predicted octanol–water partition coefficient (Wildman–Crippen LogP) is 2.05. The summed E-state index contributed by atoms with van der Waals surface area (Å²) in [6.07, 6.45) is 2.32. The number of hydrogen-bond donors (Lipinski definition) is 2. The number of esters is 1. The molecule has 1 heterocycles. The van der Waals surface area contributed by atoms with E-state index in [-0.39, 0.29) is 18.1 Å². The number of nitrogens with one attached hydrogen (secondary N) is 2. The molecule has 2 aromatic rings. The van der Waals surface area contributed by atoms with Crippen LogP contribution in [0.5, 0.6) is 17.2 Å². The third-order valence-electron chi connectivity index (χ3n) is 4.01. The molecule has 0 bridgehead atoms. The molecular formula is C19H24N4O5. The summed E-state index contributed by atoms with van der Waals surface area (Å²) in [4.78, 5) is 23.3. The number of carbonyl (C=O) groups excluding carboxylic acids is 2. The molecule has 0 aliphatic rings. The van der Waals surface area contributed by atoms with Gasteiger partial charge in [-0.1, -0.05) is 0 Å². The maximum Gasteiger partial charge on any atom is 0.308 e. The number of carbonyl (C=O) groups is 2. The smallest absolute Gasteiger partial charge is 0.308 e. The molecule has 0 fully saturated rings. The minimum Gasteiger partial charge on any atom is -0.493 e. The van der Waals surface area contributed by atoms with Gasteiger partial charge in [0.1, 0.15) is 0 Å². The molecule has 0 radical (unpaired) electrons. The third-order valence-corrected chi connectivity index (χ3v) is 4.01. The highest BCUT2D eigenvalue weighted by Crippen LogP contribution is 2.38. The van der Waals surface area contributed by atoms with Gasteiger partial charge in [0.05, 0.1) is 26.1 Å². The van der Waals surface area contributed by atoms with Crippen LogP contribution in [0.1, 0.15) is 35.9 Å². The Morgan fingerprint density at radius 1 is 1.21 bits per heavy atom. The van der Waals surface area contributed by atoms with E-state index in [1.807, 2.05) is 13.8 Å². The van der Waals surface area contributed by atoms with Crippen LogP contribution in [0.15, 0.2) is 17.2 Å². The van der Waals surface area contributed by atoms with Crippen LogP contribution in [0.2, 0.25) is 0 Å². The lowest BCUT2D eigenvalue weighted by atomic mass is 10.1. The highest BCUT2D eigenvalue weighted by molar-refractivity contribution is 5.85. The summed E-state index contributed by atoms with van der Waals surface area (Å²) in [5.41, 5.74) is 5.98. The van der Waals surface area contributed by atoms with Crippen molar-refractivity contribution in [3.8, 4) is 17.2 Å². The molecular weight excluding hydrogens is 364 g/mol. The highest BCUT2D eigenvalue weighted by Gasteiger charge is 2.15. The molecule has 9 heteroatoms. The molecule has 2 rings (SSSR count). The Morgan fingerprint density at radius 3 is 2.36 bits per heavy atom. The highest BCUT2D eigenvalue weighted by atomic mass is 16.6. The van der Waals surface area contributed by atoms with Crippen LogP contribution in [0, 0.1) is 13.8 Å². The lowest BCUT2D eigenvalue weighted by molar-refractivity contribution is -0.132. The molecule has 0 saturated carbocycles. The van der Waals surface area contributed by atoms with Gasteiger partial charge >= 0.3 is 5.97 Å². The average Bonchev–Trinajstić information content (AvgIpc) is 2.98. The van der Waals surface area contributed by atoms with E-state index in [2.05, 4.69) is 20.7 Å². The lowest BCUT2D eigenvalue weighted by Gasteiger charge is -2.13. The monoisotopic (exact) mass is 388 g/mol. The number of rotatable bonds is 8. The van der Waals surface area contributed by atoms with Gasteiger partial charge < -0.3 is 14.2 Å². The Bertz CT molecular complexity index is 844. The second-order valence-electron chi connectivity index (χ2n) is 6.05. The molecule has 1 aromatic heterocycles. The molecule has 1 amide bonds. The van der Waals surface area contributed by atoms with E-state index in [1.165, 1.54) is 27.4 Å². The van der Waals surface area contributed by atoms with Gasteiger partial charge in [0.15, 0.2) is 11.5 Å². The second-order valence-corrected chi connectivity index (χ2v) is 6.05. The Kier molecular flexibility index (Phi) is 7.14. The van der Waals surface area contributed by atoms with Crippen molar-refractivity contribution in [2.45, 2.75) is 33.6 Å². The molecule has 0 unspecified atom stereocenters. The minimum atomic E-state index is -0.492. The largest absolute Gasteiger partial charge is 0.493 e. The van der Waals surface area contributed by atoms with E-state index < -0.39 is 5.97 Å². The molecule has 0 aliphatic carbocycles. The van der Waals surface area contributed by atoms with E-state index in [0.29, 0.717) is 23.5 Å². The molecule has 0 spiro atoms. The van der Waals surface area contributed by atoms with Crippen molar-refractivity contribution in [2.24, 2.45) is 5.10 Å². The van der Waals surface area contributed by atoms with Gasteiger partial charge in [0.25, 0.3) is 0 Å². The van der Waals surface area contributed by atoms with Crippen molar-refractivity contribution in [2.75, 3.05) is 14.2 Å². The van der Waals surface area contributed by atoms with Crippen molar-refractivity contribution >= 4 is 18.1 Å². The number of methoxy groups -OCH3 is 2. The number of aryl methyl sites for hydroxylation is 2. The second kappa shape index (κ2) is 9.54. The zero-order valence-corrected chi connectivity index (χ0v) is 16.6. The zero-order valence-electron chi connectivity index (χ0n) is 16.6. The predicted molar refractivity (Wildman–Crippen MR) is 103 cm³/mol. The number of ether oxygens (including phenoxy) is 3. The van der Waals surface area contributed by atoms with Crippen LogP contribution >= 0.6 is 0 Å². The Hall–Kier alpha value is -3.36. The summed E-state index contributed by atoms with van der Waals surface area (Å²) in [5.74, 6) is 0.103. The summed E-state index contributed by atoms with van der Waals surface area (Å²) in [7, 11) is 2.90. The number of hydrogen-bond acceptors (Lipinski definition) is 7. The van der Waals surface area contributed by atoms with Gasteiger partial charge in [-0.15, -0.1) is 0 Å². The number of amides is 1. The van der Waals surface area contributed by atoms with Crippen LogP contribution < -0.4 is 19.6 Å². The minimum absolute atomic E-state index is 0.185. The average molecular weight is 388 g/mol. The lowest BCUT2D eigenvalue weighted by Crippen LogP contribution is -2.18. The van der Waals surface area contributed by atoms with Crippen LogP contribution in [0.4, 0.5) is 0 Å². The van der Waals surface area contributed by atoms with Crippen LogP contribution in [-0.4, -0.2) is 42.5 Å². The number of benzene rings is 1. The molecule has 1 aromatic carbocycles. The Labute approximate surface area is 163 Å². The molecule has 0 atom stereocenters. The number of H-pyrrole nitrogens is 1. The normalized spacial score (nSPS) is 10.8. The first-order valence-electron chi connectivity index (χ1n) is 8.62. The fourth-order valence-electron chi connectivity index (χ4n) is 2.63. The van der Waals surface area contributed by atoms with Crippen molar-refractivity contribution < 1.29 is 23.8 Å². The Balaban J connectivity index is 2.03. The summed E-state index contributed by atoms with van der Waals surface area (Å²) in [5, 5.41) is 11.0. The number of hydrazone groups is 1. The summed E-state index contributed by atoms with van der Waals surface area (Å²) >= 11 is 0. The molecule has 9 nitrogen and oxygen atoms in total. The summed E-state index contributed by atoms with van der Waals surface area (Å²) in [6.45, 7) is 5.11. The SMILES string of the molecule is COc1cc(/C=N/NC(=O)CCc2c(C)n[nH]c2C)cc(OC)c1OC(C)=O. The van der Waals surface area contributed by atoms with Crippen molar-refractivity contribution in [3.05, 3.63) is 34.6 Å². The summed E-state index contributed by atoms with van der Waals surface area (Å²) in [6, 6.07) is 3.24. The first kappa shape index (κ1) is 20.9. The molecule has 0 saturated heterocycles. The van der Waals surface area contributed by atoms with E-state index in [4.69, 9.17) is 14.2 Å². The van der Waals surface area contributed by atoms with E-state index in [1.54, 1.807) is 12.1 Å². The Morgan fingerprint density at radius 2 is 1.86 bits per heavy atom. The number of aromatic amines is 1.